The molecule has 0 aliphatic carbocycles. The van der Waals surface area contributed by atoms with Crippen LogP contribution in [0.5, 0.6) is 5.75 Å². The summed E-state index contributed by atoms with van der Waals surface area (Å²) in [6.45, 7) is 0.704. The molecule has 0 radical (unpaired) electrons. The maximum absolute atomic E-state index is 11.2. The molecular formula is C16H18N2O3S. The van der Waals surface area contributed by atoms with E-state index < -0.39 is 0 Å². The first-order chi connectivity index (χ1) is 10.8. The average Bonchev–Trinajstić information content (AvgIpc) is 3.00. The van der Waals surface area contributed by atoms with E-state index in [1.54, 1.807) is 11.3 Å². The SMILES string of the molecule is COC(=O)CCc1csc(NC2CCOc3ccccc32)n1. The van der Waals surface area contributed by atoms with Crippen molar-refractivity contribution in [2.45, 2.75) is 25.3 Å². The summed E-state index contributed by atoms with van der Waals surface area (Å²) in [6.07, 6.45) is 1.88. The molecule has 1 aliphatic rings. The molecule has 2 aromatic rings. The number of aryl methyl sites for hydroxylation is 1. The molecule has 0 spiro atoms. The summed E-state index contributed by atoms with van der Waals surface area (Å²) in [7, 11) is 1.40. The van der Waals surface area contributed by atoms with E-state index in [1.807, 2.05) is 23.6 Å². The molecule has 2 heterocycles. The van der Waals surface area contributed by atoms with E-state index in [2.05, 4.69) is 21.1 Å². The molecular weight excluding hydrogens is 300 g/mol. The van der Waals surface area contributed by atoms with Gasteiger partial charge in [0.1, 0.15) is 5.75 Å². The minimum Gasteiger partial charge on any atom is -0.493 e. The molecule has 1 aromatic heterocycles. The molecule has 116 valence electrons. The lowest BCUT2D eigenvalue weighted by molar-refractivity contribution is -0.140. The summed E-state index contributed by atoms with van der Waals surface area (Å²) in [5.41, 5.74) is 2.08. The highest BCUT2D eigenvalue weighted by molar-refractivity contribution is 7.13. The first-order valence-corrected chi connectivity index (χ1v) is 8.13. The van der Waals surface area contributed by atoms with Crippen molar-refractivity contribution in [1.29, 1.82) is 0 Å². The van der Waals surface area contributed by atoms with E-state index in [0.717, 1.165) is 23.0 Å². The molecule has 0 fully saturated rings. The minimum absolute atomic E-state index is 0.208. The Kier molecular flexibility index (Phi) is 4.58. The van der Waals surface area contributed by atoms with E-state index in [-0.39, 0.29) is 12.0 Å². The average molecular weight is 318 g/mol. The largest absolute Gasteiger partial charge is 0.493 e. The van der Waals surface area contributed by atoms with Crippen molar-refractivity contribution in [3.63, 3.8) is 0 Å². The third-order valence-corrected chi connectivity index (χ3v) is 4.44. The van der Waals surface area contributed by atoms with Gasteiger partial charge in [-0.2, -0.15) is 0 Å². The van der Waals surface area contributed by atoms with Gasteiger partial charge in [0, 0.05) is 23.8 Å². The molecule has 0 saturated carbocycles. The van der Waals surface area contributed by atoms with Crippen molar-refractivity contribution < 1.29 is 14.3 Å². The van der Waals surface area contributed by atoms with Crippen LogP contribution in [0, 0.1) is 0 Å². The number of fused-ring (bicyclic) bond motifs is 1. The van der Waals surface area contributed by atoms with Crippen LogP contribution in [0.25, 0.3) is 0 Å². The van der Waals surface area contributed by atoms with Gasteiger partial charge in [0.2, 0.25) is 0 Å². The summed E-state index contributed by atoms with van der Waals surface area (Å²) in [5.74, 6) is 0.731. The number of para-hydroxylation sites is 1. The van der Waals surface area contributed by atoms with Gasteiger partial charge < -0.3 is 14.8 Å². The molecule has 5 nitrogen and oxygen atoms in total. The predicted molar refractivity (Wildman–Crippen MR) is 85.4 cm³/mol. The summed E-state index contributed by atoms with van der Waals surface area (Å²) < 4.78 is 10.3. The van der Waals surface area contributed by atoms with Crippen molar-refractivity contribution in [2.75, 3.05) is 19.0 Å². The number of esters is 1. The van der Waals surface area contributed by atoms with Crippen molar-refractivity contribution in [3.8, 4) is 5.75 Å². The second kappa shape index (κ2) is 6.79. The predicted octanol–water partition coefficient (Wildman–Crippen LogP) is 3.18. The summed E-state index contributed by atoms with van der Waals surface area (Å²) in [6, 6.07) is 8.29. The number of hydrogen-bond acceptors (Lipinski definition) is 6. The molecule has 3 rings (SSSR count). The zero-order valence-corrected chi connectivity index (χ0v) is 13.2. The number of hydrogen-bond donors (Lipinski definition) is 1. The van der Waals surface area contributed by atoms with Crippen LogP contribution in [-0.4, -0.2) is 24.7 Å². The highest BCUT2D eigenvalue weighted by Gasteiger charge is 2.21. The molecule has 6 heteroatoms. The van der Waals surface area contributed by atoms with Crippen molar-refractivity contribution in [1.82, 2.24) is 4.98 Å². The van der Waals surface area contributed by atoms with E-state index >= 15 is 0 Å². The standard InChI is InChI=1S/C16H18N2O3S/c1-20-15(19)7-6-11-10-22-16(17-11)18-13-8-9-21-14-5-3-2-4-12(13)14/h2-5,10,13H,6-9H2,1H3,(H,17,18). The van der Waals surface area contributed by atoms with Gasteiger partial charge in [-0.3, -0.25) is 4.79 Å². The highest BCUT2D eigenvalue weighted by atomic mass is 32.1. The van der Waals surface area contributed by atoms with E-state index in [1.165, 1.54) is 12.7 Å². The molecule has 0 amide bonds. The molecule has 1 N–H and O–H groups in total. The molecule has 0 saturated heterocycles. The maximum atomic E-state index is 11.2. The van der Waals surface area contributed by atoms with Crippen molar-refractivity contribution in [2.24, 2.45) is 0 Å². The van der Waals surface area contributed by atoms with Crippen LogP contribution in [0.15, 0.2) is 29.6 Å². The first-order valence-electron chi connectivity index (χ1n) is 7.26. The highest BCUT2D eigenvalue weighted by Crippen LogP contribution is 2.34. The van der Waals surface area contributed by atoms with E-state index in [4.69, 9.17) is 4.74 Å². The number of anilines is 1. The van der Waals surface area contributed by atoms with Gasteiger partial charge in [0.25, 0.3) is 0 Å². The maximum Gasteiger partial charge on any atom is 0.305 e. The number of methoxy groups -OCH3 is 1. The van der Waals surface area contributed by atoms with Gasteiger partial charge in [0.15, 0.2) is 5.13 Å². The van der Waals surface area contributed by atoms with E-state index in [9.17, 15) is 4.79 Å². The Morgan fingerprint density at radius 2 is 2.36 bits per heavy atom. The van der Waals surface area contributed by atoms with Crippen LogP contribution >= 0.6 is 11.3 Å². The van der Waals surface area contributed by atoms with Gasteiger partial charge in [-0.15, -0.1) is 11.3 Å². The third kappa shape index (κ3) is 3.39. The summed E-state index contributed by atoms with van der Waals surface area (Å²) in [5, 5.41) is 6.33. The Hall–Kier alpha value is -2.08. The van der Waals surface area contributed by atoms with Crippen LogP contribution in [-0.2, 0) is 16.0 Å². The van der Waals surface area contributed by atoms with Gasteiger partial charge in [-0.25, -0.2) is 4.98 Å². The van der Waals surface area contributed by atoms with Crippen LogP contribution in [0.3, 0.4) is 0 Å². The Bertz CT molecular complexity index is 656. The number of thiazole rings is 1. The fourth-order valence-corrected chi connectivity index (χ4v) is 3.26. The number of rotatable bonds is 5. The number of nitrogens with one attached hydrogen (secondary N) is 1. The zero-order valence-electron chi connectivity index (χ0n) is 12.4. The lowest BCUT2D eigenvalue weighted by Gasteiger charge is -2.26. The smallest absolute Gasteiger partial charge is 0.305 e. The Morgan fingerprint density at radius 1 is 1.50 bits per heavy atom. The topological polar surface area (TPSA) is 60.5 Å². The van der Waals surface area contributed by atoms with Gasteiger partial charge >= 0.3 is 5.97 Å². The normalized spacial score (nSPS) is 16.5. The number of benzene rings is 1. The number of carbonyl (C=O) groups excluding carboxylic acids is 1. The third-order valence-electron chi connectivity index (χ3n) is 3.62. The molecule has 1 aliphatic heterocycles. The second-order valence-electron chi connectivity index (χ2n) is 5.09. The molecule has 22 heavy (non-hydrogen) atoms. The Labute approximate surface area is 133 Å². The van der Waals surface area contributed by atoms with Crippen molar-refractivity contribution in [3.05, 3.63) is 40.9 Å². The molecule has 1 atom stereocenters. The first kappa shape index (κ1) is 14.8. The van der Waals surface area contributed by atoms with Gasteiger partial charge in [-0.05, 0) is 6.07 Å². The van der Waals surface area contributed by atoms with Gasteiger partial charge in [0.05, 0.1) is 31.9 Å². The number of aromatic nitrogens is 1. The molecule has 0 bridgehead atoms. The lowest BCUT2D eigenvalue weighted by Crippen LogP contribution is -2.20. The van der Waals surface area contributed by atoms with E-state index in [0.29, 0.717) is 19.4 Å². The Balaban J connectivity index is 1.65. The molecule has 1 aromatic carbocycles. The quantitative estimate of drug-likeness (QED) is 0.858. The minimum atomic E-state index is -0.208. The number of ether oxygens (including phenoxy) is 2. The summed E-state index contributed by atoms with van der Waals surface area (Å²) in [4.78, 5) is 15.7. The van der Waals surface area contributed by atoms with Crippen LogP contribution in [0.1, 0.15) is 30.1 Å². The number of carbonyl (C=O) groups is 1. The molecule has 1 unspecified atom stereocenters. The monoisotopic (exact) mass is 318 g/mol. The number of nitrogens with zero attached hydrogens (tertiary/aromatic N) is 1. The summed E-state index contributed by atoms with van der Waals surface area (Å²) >= 11 is 1.56. The zero-order chi connectivity index (χ0) is 15.4. The fraction of sp³-hybridized carbons (Fsp3) is 0.375. The second-order valence-corrected chi connectivity index (χ2v) is 5.95. The van der Waals surface area contributed by atoms with Crippen molar-refractivity contribution >= 4 is 22.4 Å². The van der Waals surface area contributed by atoms with Gasteiger partial charge in [-0.1, -0.05) is 18.2 Å². The van der Waals surface area contributed by atoms with Crippen LogP contribution in [0.2, 0.25) is 0 Å². The lowest BCUT2D eigenvalue weighted by atomic mass is 10.0. The fourth-order valence-electron chi connectivity index (χ4n) is 2.46. The van der Waals surface area contributed by atoms with Crippen LogP contribution < -0.4 is 10.1 Å². The Morgan fingerprint density at radius 3 is 3.23 bits per heavy atom. The van der Waals surface area contributed by atoms with Crippen LogP contribution in [0.4, 0.5) is 5.13 Å².